The van der Waals surface area contributed by atoms with E-state index in [0.717, 1.165) is 5.56 Å². The molecule has 2 N–H and O–H groups in total. The molecule has 1 aromatic carbocycles. The van der Waals surface area contributed by atoms with Crippen LogP contribution in [0.1, 0.15) is 19.4 Å². The predicted molar refractivity (Wildman–Crippen MR) is 56.8 cm³/mol. The lowest BCUT2D eigenvalue weighted by Crippen LogP contribution is -2.26. The SMILES string of the molecule is CC1(C)C(=O)Nc2cc(OC(=O)O)ccc21. The van der Waals surface area contributed by atoms with E-state index < -0.39 is 11.6 Å². The number of fused-ring (bicyclic) bond motifs is 1. The highest BCUT2D eigenvalue weighted by atomic mass is 16.7. The second-order valence-electron chi connectivity index (χ2n) is 4.15. The summed E-state index contributed by atoms with van der Waals surface area (Å²) < 4.78 is 4.51. The first-order chi connectivity index (χ1) is 7.41. The maximum Gasteiger partial charge on any atom is 0.511 e. The Morgan fingerprint density at radius 1 is 1.44 bits per heavy atom. The molecule has 5 nitrogen and oxygen atoms in total. The summed E-state index contributed by atoms with van der Waals surface area (Å²) in [6.45, 7) is 3.62. The van der Waals surface area contributed by atoms with Gasteiger partial charge in [0.15, 0.2) is 0 Å². The molecule has 2 rings (SSSR count). The topological polar surface area (TPSA) is 75.6 Å². The summed E-state index contributed by atoms with van der Waals surface area (Å²) in [5.41, 5.74) is 0.862. The van der Waals surface area contributed by atoms with E-state index in [9.17, 15) is 9.59 Å². The lowest BCUT2D eigenvalue weighted by Gasteiger charge is -2.14. The van der Waals surface area contributed by atoms with Gasteiger partial charge in [0.1, 0.15) is 5.75 Å². The molecule has 1 aromatic rings. The van der Waals surface area contributed by atoms with E-state index >= 15 is 0 Å². The van der Waals surface area contributed by atoms with Crippen molar-refractivity contribution >= 4 is 17.7 Å². The molecule has 1 heterocycles. The van der Waals surface area contributed by atoms with Crippen molar-refractivity contribution in [3.8, 4) is 5.75 Å². The van der Waals surface area contributed by atoms with Crippen LogP contribution in [0.25, 0.3) is 0 Å². The average molecular weight is 221 g/mol. The fraction of sp³-hybridized carbons (Fsp3) is 0.273. The first kappa shape index (κ1) is 10.5. The van der Waals surface area contributed by atoms with Gasteiger partial charge in [-0.05, 0) is 25.5 Å². The lowest BCUT2D eigenvalue weighted by atomic mass is 9.86. The Morgan fingerprint density at radius 3 is 2.75 bits per heavy atom. The molecule has 0 bridgehead atoms. The van der Waals surface area contributed by atoms with Gasteiger partial charge in [-0.2, -0.15) is 0 Å². The van der Waals surface area contributed by atoms with Crippen molar-refractivity contribution < 1.29 is 19.4 Å². The second kappa shape index (κ2) is 3.23. The van der Waals surface area contributed by atoms with Gasteiger partial charge in [-0.1, -0.05) is 6.07 Å². The molecule has 0 saturated carbocycles. The van der Waals surface area contributed by atoms with Crippen LogP contribution in [-0.4, -0.2) is 17.2 Å². The van der Waals surface area contributed by atoms with E-state index in [1.54, 1.807) is 6.07 Å². The summed E-state index contributed by atoms with van der Waals surface area (Å²) in [7, 11) is 0. The Hall–Kier alpha value is -2.04. The van der Waals surface area contributed by atoms with E-state index in [1.807, 2.05) is 13.8 Å². The smallest absolute Gasteiger partial charge is 0.449 e. The van der Waals surface area contributed by atoms with Crippen LogP contribution in [0.5, 0.6) is 5.75 Å². The van der Waals surface area contributed by atoms with Gasteiger partial charge in [-0.3, -0.25) is 4.79 Å². The molecule has 1 amide bonds. The van der Waals surface area contributed by atoms with Crippen LogP contribution >= 0.6 is 0 Å². The third-order valence-electron chi connectivity index (χ3n) is 2.69. The molecule has 0 radical (unpaired) electrons. The van der Waals surface area contributed by atoms with Crippen molar-refractivity contribution in [2.24, 2.45) is 0 Å². The molecule has 0 fully saturated rings. The summed E-state index contributed by atoms with van der Waals surface area (Å²) >= 11 is 0. The Morgan fingerprint density at radius 2 is 2.12 bits per heavy atom. The number of benzene rings is 1. The Kier molecular flexibility index (Phi) is 2.11. The molecule has 0 saturated heterocycles. The molecule has 16 heavy (non-hydrogen) atoms. The molecule has 0 aromatic heterocycles. The normalized spacial score (nSPS) is 16.5. The standard InChI is InChI=1S/C11H11NO4/c1-11(2)7-4-3-6(16-10(14)15)5-8(7)12-9(11)13/h3-5H,1-2H3,(H,12,13)(H,14,15). The van der Waals surface area contributed by atoms with E-state index in [4.69, 9.17) is 5.11 Å². The quantitative estimate of drug-likeness (QED) is 0.561. The van der Waals surface area contributed by atoms with Crippen LogP contribution in [0, 0.1) is 0 Å². The van der Waals surface area contributed by atoms with Gasteiger partial charge in [-0.25, -0.2) is 4.79 Å². The van der Waals surface area contributed by atoms with Crippen molar-refractivity contribution in [2.45, 2.75) is 19.3 Å². The molecule has 0 unspecified atom stereocenters. The van der Waals surface area contributed by atoms with Crippen molar-refractivity contribution in [3.05, 3.63) is 23.8 Å². The third kappa shape index (κ3) is 1.50. The number of hydrogen-bond acceptors (Lipinski definition) is 3. The summed E-state index contributed by atoms with van der Waals surface area (Å²) in [5, 5.41) is 11.1. The van der Waals surface area contributed by atoms with Crippen molar-refractivity contribution in [1.29, 1.82) is 0 Å². The molecule has 84 valence electrons. The number of carbonyl (C=O) groups excluding carboxylic acids is 1. The van der Waals surface area contributed by atoms with E-state index in [-0.39, 0.29) is 11.7 Å². The lowest BCUT2D eigenvalue weighted by molar-refractivity contribution is -0.119. The predicted octanol–water partition coefficient (Wildman–Crippen LogP) is 1.97. The van der Waals surface area contributed by atoms with Crippen LogP contribution in [0.2, 0.25) is 0 Å². The largest absolute Gasteiger partial charge is 0.511 e. The van der Waals surface area contributed by atoms with Gasteiger partial charge in [0.25, 0.3) is 0 Å². The number of ether oxygens (including phenoxy) is 1. The van der Waals surface area contributed by atoms with Gasteiger partial charge in [0.2, 0.25) is 5.91 Å². The zero-order chi connectivity index (χ0) is 11.9. The van der Waals surface area contributed by atoms with E-state index in [0.29, 0.717) is 5.69 Å². The highest BCUT2D eigenvalue weighted by Crippen LogP contribution is 2.38. The maximum absolute atomic E-state index is 11.6. The number of anilines is 1. The summed E-state index contributed by atoms with van der Waals surface area (Å²) in [6, 6.07) is 4.75. The number of nitrogens with one attached hydrogen (secondary N) is 1. The summed E-state index contributed by atoms with van der Waals surface area (Å²) in [4.78, 5) is 22.0. The molecule has 1 aliphatic heterocycles. The van der Waals surface area contributed by atoms with E-state index in [2.05, 4.69) is 10.1 Å². The fourth-order valence-electron chi connectivity index (χ4n) is 1.74. The number of hydrogen-bond donors (Lipinski definition) is 2. The summed E-state index contributed by atoms with van der Waals surface area (Å²) in [5.74, 6) is 0.0965. The Labute approximate surface area is 92.0 Å². The number of amides is 1. The van der Waals surface area contributed by atoms with Crippen molar-refractivity contribution in [1.82, 2.24) is 0 Å². The Balaban J connectivity index is 2.40. The summed E-state index contributed by atoms with van der Waals surface area (Å²) in [6.07, 6.45) is -1.37. The number of carboxylic acid groups (broad SMARTS) is 1. The molecule has 1 aliphatic rings. The van der Waals surface area contributed by atoms with Gasteiger partial charge < -0.3 is 15.2 Å². The first-order valence-corrected chi connectivity index (χ1v) is 4.78. The van der Waals surface area contributed by atoms with Crippen molar-refractivity contribution in [3.63, 3.8) is 0 Å². The molecular weight excluding hydrogens is 210 g/mol. The Bertz CT molecular complexity index is 479. The van der Waals surface area contributed by atoms with Gasteiger partial charge in [0.05, 0.1) is 5.41 Å². The average Bonchev–Trinajstić information content (AvgIpc) is 2.36. The zero-order valence-electron chi connectivity index (χ0n) is 8.90. The van der Waals surface area contributed by atoms with Crippen molar-refractivity contribution in [2.75, 3.05) is 5.32 Å². The second-order valence-corrected chi connectivity index (χ2v) is 4.15. The minimum absolute atomic E-state index is 0.102. The number of carbonyl (C=O) groups is 2. The molecule has 0 aliphatic carbocycles. The highest BCUT2D eigenvalue weighted by molar-refractivity contribution is 6.05. The maximum atomic E-state index is 11.6. The molecule has 0 spiro atoms. The van der Waals surface area contributed by atoms with Crippen LogP contribution in [0.4, 0.5) is 10.5 Å². The monoisotopic (exact) mass is 221 g/mol. The fourth-order valence-corrected chi connectivity index (χ4v) is 1.74. The minimum Gasteiger partial charge on any atom is -0.449 e. The zero-order valence-corrected chi connectivity index (χ0v) is 8.90. The molecule has 5 heteroatoms. The van der Waals surface area contributed by atoms with Gasteiger partial charge in [-0.15, -0.1) is 0 Å². The highest BCUT2D eigenvalue weighted by Gasteiger charge is 2.38. The minimum atomic E-state index is -1.37. The third-order valence-corrected chi connectivity index (χ3v) is 2.69. The molecular formula is C11H11NO4. The van der Waals surface area contributed by atoms with Gasteiger partial charge in [0, 0.05) is 11.8 Å². The van der Waals surface area contributed by atoms with Crippen LogP contribution in [-0.2, 0) is 10.2 Å². The van der Waals surface area contributed by atoms with Crippen LogP contribution in [0.3, 0.4) is 0 Å². The first-order valence-electron chi connectivity index (χ1n) is 4.78. The van der Waals surface area contributed by atoms with Gasteiger partial charge >= 0.3 is 6.16 Å². The van der Waals surface area contributed by atoms with Crippen LogP contribution in [0.15, 0.2) is 18.2 Å². The molecule has 0 atom stereocenters. The number of rotatable bonds is 1. The van der Waals surface area contributed by atoms with Crippen LogP contribution < -0.4 is 10.1 Å². The van der Waals surface area contributed by atoms with E-state index in [1.165, 1.54) is 12.1 Å².